The lowest BCUT2D eigenvalue weighted by Gasteiger charge is -2.11. The van der Waals surface area contributed by atoms with Crippen LogP contribution in [0.1, 0.15) is 6.42 Å². The van der Waals surface area contributed by atoms with E-state index in [2.05, 4.69) is 11.6 Å². The molecule has 1 aliphatic heterocycles. The second-order valence-corrected chi connectivity index (χ2v) is 5.32. The van der Waals surface area contributed by atoms with Crippen molar-refractivity contribution in [2.75, 3.05) is 11.4 Å². The maximum Gasteiger partial charge on any atom is 0.229 e. The highest BCUT2D eigenvalue weighted by Gasteiger charge is 2.30. The summed E-state index contributed by atoms with van der Waals surface area (Å²) in [7, 11) is 0. The fraction of sp³-hybridized carbons (Fsp3) is 0.231. The van der Waals surface area contributed by atoms with Gasteiger partial charge in [-0.15, -0.1) is 6.58 Å². The molecule has 0 N–H and O–H groups in total. The van der Waals surface area contributed by atoms with E-state index in [1.165, 1.54) is 23.5 Å². The zero-order chi connectivity index (χ0) is 12.7. The summed E-state index contributed by atoms with van der Waals surface area (Å²) in [6.07, 6.45) is 2.28. The number of halogens is 1. The number of benzene rings is 1. The van der Waals surface area contributed by atoms with Gasteiger partial charge in [-0.1, -0.05) is 17.4 Å². The molecule has 3 rings (SSSR count). The molecular formula is C13H11FN2OS. The molecule has 1 aromatic carbocycles. The van der Waals surface area contributed by atoms with Gasteiger partial charge in [0.05, 0.1) is 10.2 Å². The zero-order valence-corrected chi connectivity index (χ0v) is 10.4. The fourth-order valence-electron chi connectivity index (χ4n) is 2.08. The normalized spacial score (nSPS) is 19.7. The van der Waals surface area contributed by atoms with Crippen LogP contribution in [0.3, 0.4) is 0 Å². The Morgan fingerprint density at radius 2 is 2.39 bits per heavy atom. The molecule has 0 saturated carbocycles. The van der Waals surface area contributed by atoms with Gasteiger partial charge in [0.15, 0.2) is 5.13 Å². The average molecular weight is 262 g/mol. The van der Waals surface area contributed by atoms with Gasteiger partial charge in [-0.25, -0.2) is 9.37 Å². The third-order valence-electron chi connectivity index (χ3n) is 3.06. The van der Waals surface area contributed by atoms with Gasteiger partial charge in [0.2, 0.25) is 5.91 Å². The summed E-state index contributed by atoms with van der Waals surface area (Å²) in [6, 6.07) is 4.46. The number of anilines is 1. The average Bonchev–Trinajstić information content (AvgIpc) is 2.91. The lowest BCUT2D eigenvalue weighted by Crippen LogP contribution is -2.23. The maximum absolute atomic E-state index is 13.1. The Balaban J connectivity index is 1.99. The molecule has 0 bridgehead atoms. The number of carbonyl (C=O) groups excluding carboxylic acids is 1. The molecule has 1 atom stereocenters. The molecule has 1 unspecified atom stereocenters. The van der Waals surface area contributed by atoms with Crippen molar-refractivity contribution in [3.8, 4) is 0 Å². The standard InChI is InChI=1S/C13H11FN2OS/c1-2-8-5-12(17)16(7-8)13-15-10-4-3-9(14)6-11(10)18-13/h2-4,6,8H,1,5,7H2. The van der Waals surface area contributed by atoms with E-state index in [-0.39, 0.29) is 17.6 Å². The molecule has 5 heteroatoms. The van der Waals surface area contributed by atoms with Crippen LogP contribution in [-0.4, -0.2) is 17.4 Å². The number of hydrogen-bond donors (Lipinski definition) is 0. The van der Waals surface area contributed by atoms with Crippen LogP contribution in [0.4, 0.5) is 9.52 Å². The minimum absolute atomic E-state index is 0.0550. The second kappa shape index (κ2) is 4.17. The van der Waals surface area contributed by atoms with Crippen molar-refractivity contribution in [1.82, 2.24) is 4.98 Å². The summed E-state index contributed by atoms with van der Waals surface area (Å²) in [4.78, 5) is 17.9. The third kappa shape index (κ3) is 1.80. The Morgan fingerprint density at radius 3 is 3.11 bits per heavy atom. The highest BCUT2D eigenvalue weighted by Crippen LogP contribution is 2.33. The molecule has 0 spiro atoms. The molecule has 1 amide bonds. The fourth-order valence-corrected chi connectivity index (χ4v) is 3.10. The van der Waals surface area contributed by atoms with E-state index < -0.39 is 0 Å². The van der Waals surface area contributed by atoms with Gasteiger partial charge < -0.3 is 0 Å². The summed E-state index contributed by atoms with van der Waals surface area (Å²) in [6.45, 7) is 4.33. The molecule has 0 aliphatic carbocycles. The van der Waals surface area contributed by atoms with Crippen molar-refractivity contribution >= 4 is 32.6 Å². The highest BCUT2D eigenvalue weighted by molar-refractivity contribution is 7.22. The van der Waals surface area contributed by atoms with E-state index in [0.717, 1.165) is 10.2 Å². The molecule has 2 heterocycles. The van der Waals surface area contributed by atoms with Gasteiger partial charge in [-0.2, -0.15) is 0 Å². The van der Waals surface area contributed by atoms with Crippen LogP contribution in [0, 0.1) is 11.7 Å². The van der Waals surface area contributed by atoms with Crippen LogP contribution < -0.4 is 4.90 Å². The van der Waals surface area contributed by atoms with Crippen LogP contribution >= 0.6 is 11.3 Å². The number of hydrogen-bond acceptors (Lipinski definition) is 3. The Labute approximate surface area is 108 Å². The number of thiazole rings is 1. The SMILES string of the molecule is C=CC1CC(=O)N(c2nc3ccc(F)cc3s2)C1. The molecule has 18 heavy (non-hydrogen) atoms. The van der Waals surface area contributed by atoms with Crippen molar-refractivity contribution < 1.29 is 9.18 Å². The predicted molar refractivity (Wildman–Crippen MR) is 70.2 cm³/mol. The van der Waals surface area contributed by atoms with Gasteiger partial charge >= 0.3 is 0 Å². The molecular weight excluding hydrogens is 251 g/mol. The number of nitrogens with zero attached hydrogens (tertiary/aromatic N) is 2. The Morgan fingerprint density at radius 1 is 1.56 bits per heavy atom. The first kappa shape index (κ1) is 11.3. The zero-order valence-electron chi connectivity index (χ0n) is 9.60. The van der Waals surface area contributed by atoms with E-state index in [1.54, 1.807) is 17.0 Å². The van der Waals surface area contributed by atoms with E-state index in [4.69, 9.17) is 0 Å². The van der Waals surface area contributed by atoms with Crippen LogP contribution in [0.25, 0.3) is 10.2 Å². The minimum Gasteiger partial charge on any atom is -0.287 e. The molecule has 1 aliphatic rings. The van der Waals surface area contributed by atoms with E-state index in [0.29, 0.717) is 18.1 Å². The van der Waals surface area contributed by atoms with Crippen molar-refractivity contribution in [3.63, 3.8) is 0 Å². The molecule has 1 saturated heterocycles. The molecule has 92 valence electrons. The van der Waals surface area contributed by atoms with Gasteiger partial charge in [0.25, 0.3) is 0 Å². The first-order valence-corrected chi connectivity index (χ1v) is 6.48. The predicted octanol–water partition coefficient (Wildman–Crippen LogP) is 2.97. The summed E-state index contributed by atoms with van der Waals surface area (Å²) in [5, 5.41) is 0.643. The third-order valence-corrected chi connectivity index (χ3v) is 4.10. The molecule has 1 fully saturated rings. The Bertz CT molecular complexity index is 637. The lowest BCUT2D eigenvalue weighted by atomic mass is 10.1. The Hall–Kier alpha value is -1.75. The molecule has 1 aromatic heterocycles. The van der Waals surface area contributed by atoms with Crippen LogP contribution in [0.15, 0.2) is 30.9 Å². The number of amides is 1. The minimum atomic E-state index is -0.283. The molecule has 0 radical (unpaired) electrons. The van der Waals surface area contributed by atoms with Gasteiger partial charge in [-0.3, -0.25) is 9.69 Å². The van der Waals surface area contributed by atoms with Gasteiger partial charge in [0, 0.05) is 18.9 Å². The van der Waals surface area contributed by atoms with Crippen molar-refractivity contribution in [3.05, 3.63) is 36.7 Å². The van der Waals surface area contributed by atoms with E-state index in [1.807, 2.05) is 0 Å². The van der Waals surface area contributed by atoms with Crippen molar-refractivity contribution in [1.29, 1.82) is 0 Å². The number of carbonyl (C=O) groups is 1. The van der Waals surface area contributed by atoms with Crippen LogP contribution in [0.2, 0.25) is 0 Å². The maximum atomic E-state index is 13.1. The largest absolute Gasteiger partial charge is 0.287 e. The second-order valence-electron chi connectivity index (χ2n) is 4.31. The van der Waals surface area contributed by atoms with E-state index >= 15 is 0 Å². The summed E-state index contributed by atoms with van der Waals surface area (Å²) in [5.74, 6) is -0.0462. The van der Waals surface area contributed by atoms with Gasteiger partial charge in [-0.05, 0) is 18.2 Å². The number of aromatic nitrogens is 1. The summed E-state index contributed by atoms with van der Waals surface area (Å²) in [5.41, 5.74) is 0.728. The summed E-state index contributed by atoms with van der Waals surface area (Å²) < 4.78 is 13.9. The van der Waals surface area contributed by atoms with Crippen molar-refractivity contribution in [2.24, 2.45) is 5.92 Å². The number of rotatable bonds is 2. The van der Waals surface area contributed by atoms with Crippen LogP contribution in [0.5, 0.6) is 0 Å². The Kier molecular flexibility index (Phi) is 2.63. The summed E-state index contributed by atoms with van der Waals surface area (Å²) >= 11 is 1.34. The highest BCUT2D eigenvalue weighted by atomic mass is 32.1. The van der Waals surface area contributed by atoms with Crippen LogP contribution in [-0.2, 0) is 4.79 Å². The first-order chi connectivity index (χ1) is 8.67. The first-order valence-electron chi connectivity index (χ1n) is 5.66. The topological polar surface area (TPSA) is 33.2 Å². The van der Waals surface area contributed by atoms with Gasteiger partial charge in [0.1, 0.15) is 5.82 Å². The van der Waals surface area contributed by atoms with E-state index in [9.17, 15) is 9.18 Å². The lowest BCUT2D eigenvalue weighted by molar-refractivity contribution is -0.117. The molecule has 2 aromatic rings. The van der Waals surface area contributed by atoms with Crippen molar-refractivity contribution in [2.45, 2.75) is 6.42 Å². The molecule has 3 nitrogen and oxygen atoms in total. The monoisotopic (exact) mass is 262 g/mol. The quantitative estimate of drug-likeness (QED) is 0.779. The smallest absolute Gasteiger partial charge is 0.229 e. The number of fused-ring (bicyclic) bond motifs is 1.